The van der Waals surface area contributed by atoms with Crippen LogP contribution in [0, 0.1) is 15.9 Å². The predicted molar refractivity (Wildman–Crippen MR) is 41.7 cm³/mol. The first-order valence-corrected chi connectivity index (χ1v) is 3.70. The van der Waals surface area contributed by atoms with Crippen molar-refractivity contribution in [3.05, 3.63) is 33.4 Å². The van der Waals surface area contributed by atoms with Crippen molar-refractivity contribution in [3.8, 4) is 0 Å². The molecule has 0 aliphatic carbocycles. The first-order chi connectivity index (χ1) is 6.97. The summed E-state index contributed by atoms with van der Waals surface area (Å²) in [7, 11) is 0. The third-order valence-corrected chi connectivity index (χ3v) is 1.58. The summed E-state index contributed by atoms with van der Waals surface area (Å²) in [6, 6.07) is 0.546. The molecular weight excluding hydrogens is 217 g/mol. The second-order valence-electron chi connectivity index (χ2n) is 2.55. The molecular formula is C7H5F3N2O3. The van der Waals surface area contributed by atoms with Gasteiger partial charge in [0.05, 0.1) is 17.2 Å². The summed E-state index contributed by atoms with van der Waals surface area (Å²) < 4.78 is 37.5. The number of nitrogens with zero attached hydrogens (tertiary/aromatic N) is 2. The van der Waals surface area contributed by atoms with Gasteiger partial charge >= 0.3 is 5.69 Å². The summed E-state index contributed by atoms with van der Waals surface area (Å²) in [5.41, 5.74) is -3.01. The van der Waals surface area contributed by atoms with Crippen LogP contribution < -0.4 is 0 Å². The fourth-order valence-corrected chi connectivity index (χ4v) is 0.991. The van der Waals surface area contributed by atoms with Crippen molar-refractivity contribution in [1.29, 1.82) is 0 Å². The number of aliphatic hydroxyl groups is 1. The lowest BCUT2D eigenvalue weighted by Crippen LogP contribution is -2.05. The predicted octanol–water partition coefficient (Wildman–Crippen LogP) is 1.56. The fourth-order valence-electron chi connectivity index (χ4n) is 0.991. The Morgan fingerprint density at radius 1 is 1.60 bits per heavy atom. The van der Waals surface area contributed by atoms with Crippen molar-refractivity contribution >= 4 is 5.69 Å². The highest BCUT2D eigenvalue weighted by molar-refractivity contribution is 5.38. The number of rotatable bonds is 3. The standard InChI is InChI=1S/C7H5F3N2O3/c8-4-1-3(2-13)11-5(7(9)10)6(4)12(14)15/h1,7,13H,2H2. The molecule has 5 nitrogen and oxygen atoms in total. The van der Waals surface area contributed by atoms with Crippen LogP contribution in [-0.2, 0) is 6.61 Å². The Bertz CT molecular complexity index is 397. The van der Waals surface area contributed by atoms with Gasteiger partial charge in [0.25, 0.3) is 6.43 Å². The fraction of sp³-hybridized carbons (Fsp3) is 0.286. The van der Waals surface area contributed by atoms with E-state index in [9.17, 15) is 23.3 Å². The van der Waals surface area contributed by atoms with Crippen molar-refractivity contribution < 1.29 is 23.2 Å². The smallest absolute Gasteiger partial charge is 0.331 e. The maximum Gasteiger partial charge on any atom is 0.331 e. The number of hydrogen-bond acceptors (Lipinski definition) is 4. The molecule has 1 aromatic rings. The van der Waals surface area contributed by atoms with E-state index in [1.54, 1.807) is 0 Å². The Morgan fingerprint density at radius 2 is 2.20 bits per heavy atom. The maximum absolute atomic E-state index is 13.0. The van der Waals surface area contributed by atoms with Crippen molar-refractivity contribution in [1.82, 2.24) is 4.98 Å². The number of nitro groups is 1. The number of aliphatic hydroxyl groups excluding tert-OH is 1. The van der Waals surface area contributed by atoms with Crippen LogP contribution >= 0.6 is 0 Å². The zero-order valence-electron chi connectivity index (χ0n) is 7.15. The van der Waals surface area contributed by atoms with Gasteiger partial charge in [0.15, 0.2) is 5.69 Å². The van der Waals surface area contributed by atoms with Gasteiger partial charge in [-0.05, 0) is 0 Å². The van der Waals surface area contributed by atoms with Crippen molar-refractivity contribution in [3.63, 3.8) is 0 Å². The van der Waals surface area contributed by atoms with Crippen molar-refractivity contribution in [2.75, 3.05) is 0 Å². The summed E-state index contributed by atoms with van der Waals surface area (Å²) in [5.74, 6) is -1.44. The third kappa shape index (κ3) is 2.21. The van der Waals surface area contributed by atoms with Gasteiger partial charge in [-0.3, -0.25) is 10.1 Å². The molecule has 0 spiro atoms. The summed E-state index contributed by atoms with van der Waals surface area (Å²) in [5, 5.41) is 18.8. The molecule has 0 atom stereocenters. The maximum atomic E-state index is 13.0. The van der Waals surface area contributed by atoms with Crippen LogP contribution in [0.2, 0.25) is 0 Å². The number of pyridine rings is 1. The number of aromatic nitrogens is 1. The molecule has 0 amide bonds. The monoisotopic (exact) mass is 222 g/mol. The van der Waals surface area contributed by atoms with E-state index in [4.69, 9.17) is 5.11 Å². The average molecular weight is 222 g/mol. The van der Waals surface area contributed by atoms with Crippen LogP contribution in [0.3, 0.4) is 0 Å². The Balaban J connectivity index is 3.42. The van der Waals surface area contributed by atoms with Gasteiger partial charge in [-0.15, -0.1) is 0 Å². The zero-order chi connectivity index (χ0) is 11.6. The third-order valence-electron chi connectivity index (χ3n) is 1.58. The molecule has 0 aliphatic rings. The van der Waals surface area contributed by atoms with Crippen LogP contribution in [0.25, 0.3) is 0 Å². The molecule has 0 fully saturated rings. The van der Waals surface area contributed by atoms with E-state index in [0.717, 1.165) is 0 Å². The summed E-state index contributed by atoms with van der Waals surface area (Å²) in [4.78, 5) is 12.1. The van der Waals surface area contributed by atoms with Gasteiger partial charge in [0.1, 0.15) is 0 Å². The van der Waals surface area contributed by atoms with E-state index in [1.807, 2.05) is 0 Å². The first kappa shape index (κ1) is 11.4. The largest absolute Gasteiger partial charge is 0.390 e. The minimum Gasteiger partial charge on any atom is -0.390 e. The van der Waals surface area contributed by atoms with Gasteiger partial charge in [0.2, 0.25) is 5.82 Å². The minimum atomic E-state index is -3.27. The Hall–Kier alpha value is -1.70. The highest BCUT2D eigenvalue weighted by atomic mass is 19.3. The molecule has 82 valence electrons. The first-order valence-electron chi connectivity index (χ1n) is 3.70. The molecule has 1 rings (SSSR count). The molecule has 0 saturated heterocycles. The van der Waals surface area contributed by atoms with E-state index < -0.39 is 35.2 Å². The lowest BCUT2D eigenvalue weighted by Gasteiger charge is -2.03. The molecule has 15 heavy (non-hydrogen) atoms. The van der Waals surface area contributed by atoms with Gasteiger partial charge in [-0.25, -0.2) is 13.8 Å². The normalized spacial score (nSPS) is 10.7. The molecule has 0 unspecified atom stereocenters. The molecule has 1 heterocycles. The molecule has 1 N–H and O–H groups in total. The van der Waals surface area contributed by atoms with Crippen molar-refractivity contribution in [2.45, 2.75) is 13.0 Å². The minimum absolute atomic E-state index is 0.381. The molecule has 8 heteroatoms. The number of alkyl halides is 2. The van der Waals surface area contributed by atoms with E-state index in [0.29, 0.717) is 6.07 Å². The van der Waals surface area contributed by atoms with E-state index in [1.165, 1.54) is 0 Å². The quantitative estimate of drug-likeness (QED) is 0.621. The lowest BCUT2D eigenvalue weighted by molar-refractivity contribution is -0.389. The lowest BCUT2D eigenvalue weighted by atomic mass is 10.2. The highest BCUT2D eigenvalue weighted by Gasteiger charge is 2.28. The van der Waals surface area contributed by atoms with E-state index >= 15 is 0 Å². The van der Waals surface area contributed by atoms with E-state index in [2.05, 4.69) is 4.98 Å². The summed E-state index contributed by atoms with van der Waals surface area (Å²) in [6.07, 6.45) is -3.27. The summed E-state index contributed by atoms with van der Waals surface area (Å²) in [6.45, 7) is -0.769. The molecule has 0 saturated carbocycles. The molecule has 0 aromatic carbocycles. The molecule has 0 radical (unpaired) electrons. The van der Waals surface area contributed by atoms with Crippen LogP contribution in [0.5, 0.6) is 0 Å². The van der Waals surface area contributed by atoms with Crippen LogP contribution in [0.15, 0.2) is 6.07 Å². The number of halogens is 3. The van der Waals surface area contributed by atoms with Gasteiger partial charge < -0.3 is 5.11 Å². The second-order valence-corrected chi connectivity index (χ2v) is 2.55. The van der Waals surface area contributed by atoms with Gasteiger partial charge in [0, 0.05) is 6.07 Å². The SMILES string of the molecule is O=[N+]([O-])c1c(F)cc(CO)nc1C(F)F. The topological polar surface area (TPSA) is 76.3 Å². The van der Waals surface area contributed by atoms with Gasteiger partial charge in [-0.1, -0.05) is 0 Å². The molecule has 0 aliphatic heterocycles. The number of hydrogen-bond donors (Lipinski definition) is 1. The van der Waals surface area contributed by atoms with E-state index in [-0.39, 0.29) is 5.69 Å². The zero-order valence-corrected chi connectivity index (χ0v) is 7.15. The highest BCUT2D eigenvalue weighted by Crippen LogP contribution is 2.29. The van der Waals surface area contributed by atoms with Crippen LogP contribution in [0.1, 0.15) is 17.8 Å². The summed E-state index contributed by atoms with van der Waals surface area (Å²) >= 11 is 0. The van der Waals surface area contributed by atoms with Crippen molar-refractivity contribution in [2.24, 2.45) is 0 Å². The Labute approximate surface area is 81.3 Å². The molecule has 0 bridgehead atoms. The average Bonchev–Trinajstić information content (AvgIpc) is 2.15. The molecule has 1 aromatic heterocycles. The van der Waals surface area contributed by atoms with Crippen LogP contribution in [-0.4, -0.2) is 15.0 Å². The Morgan fingerprint density at radius 3 is 2.60 bits per heavy atom. The second kappa shape index (κ2) is 4.22. The van der Waals surface area contributed by atoms with Gasteiger partial charge in [-0.2, -0.15) is 4.39 Å². The van der Waals surface area contributed by atoms with Crippen LogP contribution in [0.4, 0.5) is 18.9 Å². The Kier molecular flexibility index (Phi) is 3.20.